The lowest BCUT2D eigenvalue weighted by atomic mass is 10.1. The Labute approximate surface area is 113 Å². The average Bonchev–Trinajstić information content (AvgIpc) is 2.41. The second-order valence-corrected chi connectivity index (χ2v) is 4.55. The van der Waals surface area contributed by atoms with Crippen molar-refractivity contribution in [3.05, 3.63) is 58.9 Å². The Morgan fingerprint density at radius 1 is 1.21 bits per heavy atom. The van der Waals surface area contributed by atoms with E-state index in [1.54, 1.807) is 18.3 Å². The summed E-state index contributed by atoms with van der Waals surface area (Å²) in [4.78, 5) is 16.5. The largest absolute Gasteiger partial charge is 0.321 e. The molecule has 0 spiro atoms. The molecule has 0 aliphatic rings. The van der Waals surface area contributed by atoms with Gasteiger partial charge in [0, 0.05) is 17.6 Å². The first-order valence-corrected chi connectivity index (χ1v) is 6.45. The van der Waals surface area contributed by atoms with E-state index in [1.165, 1.54) is 0 Å². The van der Waals surface area contributed by atoms with E-state index in [0.717, 1.165) is 28.9 Å². The molecule has 0 atom stereocenters. The van der Waals surface area contributed by atoms with Crippen molar-refractivity contribution in [1.29, 1.82) is 0 Å². The van der Waals surface area contributed by atoms with Gasteiger partial charge in [0.15, 0.2) is 0 Å². The predicted octanol–water partition coefficient (Wildman–Crippen LogP) is 3.51. The van der Waals surface area contributed by atoms with Crippen LogP contribution >= 0.6 is 0 Å². The summed E-state index contributed by atoms with van der Waals surface area (Å²) < 4.78 is 0. The molecule has 0 unspecified atom stereocenters. The fourth-order valence-corrected chi connectivity index (χ4v) is 2.11. The van der Waals surface area contributed by atoms with Gasteiger partial charge >= 0.3 is 0 Å². The maximum absolute atomic E-state index is 12.3. The summed E-state index contributed by atoms with van der Waals surface area (Å²) in [7, 11) is 0. The summed E-state index contributed by atoms with van der Waals surface area (Å²) in [5, 5.41) is 3.01. The minimum Gasteiger partial charge on any atom is -0.321 e. The molecule has 3 heteroatoms. The lowest BCUT2D eigenvalue weighted by Crippen LogP contribution is -2.16. The highest BCUT2D eigenvalue weighted by atomic mass is 16.1. The van der Waals surface area contributed by atoms with Crippen molar-refractivity contribution in [3.8, 4) is 0 Å². The van der Waals surface area contributed by atoms with Crippen LogP contribution in [-0.2, 0) is 6.42 Å². The molecular weight excluding hydrogens is 236 g/mol. The molecule has 3 nitrogen and oxygen atoms in total. The number of aromatic nitrogens is 1. The number of hydrogen-bond acceptors (Lipinski definition) is 2. The molecule has 2 aromatic rings. The molecule has 0 aliphatic carbocycles. The Morgan fingerprint density at radius 2 is 2.00 bits per heavy atom. The molecule has 0 aliphatic heterocycles. The minimum atomic E-state index is -0.102. The Morgan fingerprint density at radius 3 is 2.68 bits per heavy atom. The van der Waals surface area contributed by atoms with E-state index in [9.17, 15) is 4.79 Å². The van der Waals surface area contributed by atoms with Crippen LogP contribution in [0.5, 0.6) is 0 Å². The van der Waals surface area contributed by atoms with Gasteiger partial charge in [-0.25, -0.2) is 0 Å². The number of carbonyl (C=O) groups is 1. The fourth-order valence-electron chi connectivity index (χ4n) is 2.11. The van der Waals surface area contributed by atoms with Crippen molar-refractivity contribution in [2.75, 3.05) is 5.32 Å². The van der Waals surface area contributed by atoms with E-state index >= 15 is 0 Å². The number of aryl methyl sites for hydroxylation is 3. The highest BCUT2D eigenvalue weighted by Crippen LogP contribution is 2.22. The first-order chi connectivity index (χ1) is 9.13. The Kier molecular flexibility index (Phi) is 3.95. The van der Waals surface area contributed by atoms with Crippen molar-refractivity contribution >= 4 is 11.6 Å². The number of pyridine rings is 1. The molecule has 0 radical (unpaired) electrons. The van der Waals surface area contributed by atoms with Crippen LogP contribution in [-0.4, -0.2) is 10.9 Å². The van der Waals surface area contributed by atoms with E-state index in [2.05, 4.69) is 17.2 Å². The summed E-state index contributed by atoms with van der Waals surface area (Å²) in [6.07, 6.45) is 2.58. The van der Waals surface area contributed by atoms with Gasteiger partial charge in [0.1, 0.15) is 0 Å². The average molecular weight is 254 g/mol. The van der Waals surface area contributed by atoms with Crippen molar-refractivity contribution in [3.63, 3.8) is 0 Å². The molecule has 0 fully saturated rings. The maximum atomic E-state index is 12.3. The fraction of sp³-hybridized carbons (Fsp3) is 0.250. The van der Waals surface area contributed by atoms with Crippen LogP contribution in [0.4, 0.5) is 5.69 Å². The van der Waals surface area contributed by atoms with E-state index in [0.29, 0.717) is 5.56 Å². The van der Waals surface area contributed by atoms with Gasteiger partial charge in [0.05, 0.1) is 5.56 Å². The molecule has 0 bridgehead atoms. The van der Waals surface area contributed by atoms with Gasteiger partial charge in [-0.05, 0) is 43.5 Å². The Balaban J connectivity index is 2.32. The number of amides is 1. The third-order valence-electron chi connectivity index (χ3n) is 3.23. The quantitative estimate of drug-likeness (QED) is 0.910. The van der Waals surface area contributed by atoms with Crippen molar-refractivity contribution in [2.45, 2.75) is 27.2 Å². The van der Waals surface area contributed by atoms with E-state index < -0.39 is 0 Å². The number of carbonyl (C=O) groups excluding carboxylic acids is 1. The summed E-state index contributed by atoms with van der Waals surface area (Å²) in [6, 6.07) is 9.63. The third kappa shape index (κ3) is 2.81. The van der Waals surface area contributed by atoms with Gasteiger partial charge in [-0.3, -0.25) is 9.78 Å². The molecule has 1 N–H and O–H groups in total. The van der Waals surface area contributed by atoms with Crippen LogP contribution < -0.4 is 5.32 Å². The molecule has 19 heavy (non-hydrogen) atoms. The third-order valence-corrected chi connectivity index (χ3v) is 3.23. The minimum absolute atomic E-state index is 0.102. The van der Waals surface area contributed by atoms with Crippen molar-refractivity contribution in [2.24, 2.45) is 0 Å². The number of benzene rings is 1. The number of hydrogen-bond donors (Lipinski definition) is 1. The Bertz CT molecular complexity index is 605. The standard InChI is InChI=1S/C16H18N2O/c1-4-13-8-5-7-11(2)15(13)18-16(19)14-9-6-10-17-12(14)3/h5-10H,4H2,1-3H3,(H,18,19). The number of para-hydroxylation sites is 1. The second-order valence-electron chi connectivity index (χ2n) is 4.55. The van der Waals surface area contributed by atoms with E-state index in [-0.39, 0.29) is 5.91 Å². The van der Waals surface area contributed by atoms with Crippen molar-refractivity contribution < 1.29 is 4.79 Å². The molecule has 2 rings (SSSR count). The Hall–Kier alpha value is -2.16. The second kappa shape index (κ2) is 5.65. The van der Waals surface area contributed by atoms with Gasteiger partial charge in [-0.2, -0.15) is 0 Å². The van der Waals surface area contributed by atoms with Gasteiger partial charge in [0.2, 0.25) is 0 Å². The van der Waals surface area contributed by atoms with Crippen LogP contribution in [0.1, 0.15) is 34.1 Å². The first-order valence-electron chi connectivity index (χ1n) is 6.45. The smallest absolute Gasteiger partial charge is 0.257 e. The molecule has 98 valence electrons. The van der Waals surface area contributed by atoms with Gasteiger partial charge < -0.3 is 5.32 Å². The molecule has 1 aromatic heterocycles. The molecule has 1 amide bonds. The predicted molar refractivity (Wildman–Crippen MR) is 77.5 cm³/mol. The zero-order valence-electron chi connectivity index (χ0n) is 11.5. The summed E-state index contributed by atoms with van der Waals surface area (Å²) in [6.45, 7) is 5.93. The van der Waals surface area contributed by atoms with Gasteiger partial charge in [0.25, 0.3) is 5.91 Å². The lowest BCUT2D eigenvalue weighted by molar-refractivity contribution is 0.102. The van der Waals surface area contributed by atoms with Crippen LogP contribution in [0.2, 0.25) is 0 Å². The SMILES string of the molecule is CCc1cccc(C)c1NC(=O)c1cccnc1C. The van der Waals surface area contributed by atoms with Crippen LogP contribution in [0.25, 0.3) is 0 Å². The van der Waals surface area contributed by atoms with Gasteiger partial charge in [-0.15, -0.1) is 0 Å². The van der Waals surface area contributed by atoms with Crippen LogP contribution in [0, 0.1) is 13.8 Å². The normalized spacial score (nSPS) is 10.3. The highest BCUT2D eigenvalue weighted by molar-refractivity contribution is 6.05. The van der Waals surface area contributed by atoms with Gasteiger partial charge in [-0.1, -0.05) is 25.1 Å². The van der Waals surface area contributed by atoms with Crippen LogP contribution in [0.3, 0.4) is 0 Å². The summed E-state index contributed by atoms with van der Waals surface area (Å²) >= 11 is 0. The summed E-state index contributed by atoms with van der Waals surface area (Å²) in [5.41, 5.74) is 4.50. The van der Waals surface area contributed by atoms with Crippen LogP contribution in [0.15, 0.2) is 36.5 Å². The lowest BCUT2D eigenvalue weighted by Gasteiger charge is -2.13. The number of nitrogens with zero attached hydrogens (tertiary/aromatic N) is 1. The van der Waals surface area contributed by atoms with Crippen molar-refractivity contribution in [1.82, 2.24) is 4.98 Å². The molecular formula is C16H18N2O. The maximum Gasteiger partial charge on any atom is 0.257 e. The molecule has 1 aromatic carbocycles. The zero-order chi connectivity index (χ0) is 13.8. The highest BCUT2D eigenvalue weighted by Gasteiger charge is 2.12. The number of anilines is 1. The molecule has 1 heterocycles. The number of nitrogens with one attached hydrogen (secondary N) is 1. The van der Waals surface area contributed by atoms with E-state index in [4.69, 9.17) is 0 Å². The first kappa shape index (κ1) is 13.3. The summed E-state index contributed by atoms with van der Waals surface area (Å²) in [5.74, 6) is -0.102. The molecule has 0 saturated heterocycles. The zero-order valence-corrected chi connectivity index (χ0v) is 11.5. The van der Waals surface area contributed by atoms with E-state index in [1.807, 2.05) is 32.0 Å². The topological polar surface area (TPSA) is 42.0 Å². The molecule has 0 saturated carbocycles. The monoisotopic (exact) mass is 254 g/mol. The number of rotatable bonds is 3.